The molecule has 1 aliphatic carbocycles. The molecule has 4 heterocycles. The highest BCUT2D eigenvalue weighted by atomic mass is 32.1. The van der Waals surface area contributed by atoms with Crippen molar-refractivity contribution < 1.29 is 9.59 Å². The van der Waals surface area contributed by atoms with Gasteiger partial charge in [0.05, 0.1) is 30.3 Å². The van der Waals surface area contributed by atoms with Gasteiger partial charge in [-0.2, -0.15) is 0 Å². The van der Waals surface area contributed by atoms with Crippen LogP contribution in [0.2, 0.25) is 0 Å². The summed E-state index contributed by atoms with van der Waals surface area (Å²) in [5, 5.41) is 10.7. The number of unbranched alkanes of at least 4 members (excludes halogenated alkanes) is 24. The van der Waals surface area contributed by atoms with Gasteiger partial charge in [-0.25, -0.2) is 0 Å². The highest BCUT2D eigenvalue weighted by Crippen LogP contribution is 2.39. The van der Waals surface area contributed by atoms with Crippen molar-refractivity contribution in [3.05, 3.63) is 77.8 Å². The van der Waals surface area contributed by atoms with Gasteiger partial charge in [-0.3, -0.25) is 9.59 Å². The Hall–Kier alpha value is -3.44. The highest BCUT2D eigenvalue weighted by molar-refractivity contribution is 7.19. The molecule has 4 aromatic heterocycles. The molecule has 6 rings (SSSR count). The molecular weight excluding hydrogens is 1050 g/mol. The summed E-state index contributed by atoms with van der Waals surface area (Å²) < 4.78 is 2.69. The Morgan fingerprint density at radius 2 is 0.637 bits per heavy atom. The van der Waals surface area contributed by atoms with Crippen molar-refractivity contribution in [2.45, 2.75) is 292 Å². The second-order valence-corrected chi connectivity index (χ2v) is 27.0. The molecule has 3 unspecified atom stereocenters. The van der Waals surface area contributed by atoms with Crippen LogP contribution in [0, 0.1) is 53.8 Å². The van der Waals surface area contributed by atoms with E-state index in [9.17, 15) is 9.59 Å². The van der Waals surface area contributed by atoms with Gasteiger partial charge in [0.1, 0.15) is 0 Å². The first-order valence-corrected chi connectivity index (χ1v) is 36.4. The first-order chi connectivity index (χ1) is 39.4. The van der Waals surface area contributed by atoms with Crippen LogP contribution in [0.5, 0.6) is 0 Å². The van der Waals surface area contributed by atoms with Gasteiger partial charge in [0.2, 0.25) is 11.6 Å². The lowest BCUT2D eigenvalue weighted by Gasteiger charge is -2.14. The van der Waals surface area contributed by atoms with Crippen LogP contribution in [-0.4, -0.2) is 11.6 Å². The van der Waals surface area contributed by atoms with Gasteiger partial charge >= 0.3 is 0 Å². The van der Waals surface area contributed by atoms with E-state index in [1.807, 2.05) is 22.7 Å². The maximum atomic E-state index is 11.8. The summed E-state index contributed by atoms with van der Waals surface area (Å²) in [6, 6.07) is 8.07. The predicted molar refractivity (Wildman–Crippen MR) is 360 cm³/mol. The molecule has 6 heteroatoms. The average Bonchev–Trinajstić information content (AvgIpc) is 4.44. The van der Waals surface area contributed by atoms with Crippen molar-refractivity contribution in [1.82, 2.24) is 0 Å². The summed E-state index contributed by atoms with van der Waals surface area (Å²) >= 11 is 6.39. The van der Waals surface area contributed by atoms with Crippen molar-refractivity contribution in [3.8, 4) is 36.0 Å². The number of thiophene rings is 4. The Morgan fingerprint density at radius 1 is 0.362 bits per heavy atom. The zero-order valence-corrected chi connectivity index (χ0v) is 54.7. The van der Waals surface area contributed by atoms with Crippen molar-refractivity contribution in [3.63, 3.8) is 0 Å². The quantitative estimate of drug-likeness (QED) is 0.0285. The van der Waals surface area contributed by atoms with Crippen LogP contribution in [0.1, 0.15) is 334 Å². The molecular formula is C74H108O2S4. The molecule has 5 aromatic rings. The monoisotopic (exact) mass is 1160 g/mol. The molecule has 0 saturated carbocycles. The summed E-state index contributed by atoms with van der Waals surface area (Å²) in [6.07, 6.45) is 58.1. The third-order valence-corrected chi connectivity index (χ3v) is 20.2. The summed E-state index contributed by atoms with van der Waals surface area (Å²) in [7, 11) is 0. The number of rotatable bonds is 39. The fourth-order valence-corrected chi connectivity index (χ4v) is 15.0. The second-order valence-electron chi connectivity index (χ2n) is 23.3. The lowest BCUT2D eigenvalue weighted by molar-refractivity contribution is 0.0986. The van der Waals surface area contributed by atoms with Crippen LogP contribution in [0.15, 0.2) is 45.8 Å². The van der Waals surface area contributed by atoms with E-state index in [0.717, 1.165) is 37.0 Å². The molecule has 80 heavy (non-hydrogen) atoms. The Labute approximate surface area is 506 Å². The van der Waals surface area contributed by atoms with Gasteiger partial charge in [-0.05, 0) is 102 Å². The summed E-state index contributed by atoms with van der Waals surface area (Å²) in [6.45, 7) is 13.8. The number of ketones is 2. The Morgan fingerprint density at radius 3 is 0.950 bits per heavy atom. The predicted octanol–water partition coefficient (Wildman–Crippen LogP) is 25.2. The summed E-state index contributed by atoms with van der Waals surface area (Å²) in [5.74, 6) is 20.1. The maximum absolute atomic E-state index is 11.8. The minimum atomic E-state index is -0.00847. The first kappa shape index (κ1) is 69.1. The van der Waals surface area contributed by atoms with Crippen LogP contribution >= 0.6 is 45.3 Å². The third kappa shape index (κ3) is 25.6. The van der Waals surface area contributed by atoms with Gasteiger partial charge in [0.15, 0.2) is 0 Å². The molecule has 1 aliphatic rings. The second kappa shape index (κ2) is 44.1. The Bertz CT molecular complexity index is 2340. The largest absolute Gasteiger partial charge is 0.288 e. The van der Waals surface area contributed by atoms with E-state index in [4.69, 9.17) is 6.42 Å². The molecule has 1 aromatic carbocycles. The molecule has 3 atom stereocenters. The van der Waals surface area contributed by atoms with Crippen LogP contribution in [-0.2, 0) is 0 Å². The standard InChI is InChI=1S/C46H70S2.C18H34.C10H4O2S2/c1-5-9-13-17-19-23-29-39(27-21-15-11-7-3)31-25-33-41-43-35-37-48-46(43)42(44-36-38-47-45(41)44)34-26-32-40(28-22-16-12-8-4)30-24-20-18-14-10-6-2;1-4-7-9-11-12-14-17-18(15-6-3)16-13-10-8-5-2;11-7-5-1-3-13-9(5)8(12)6-2-4-14-10(6)7/h35-40H,5-24,27-32H2,1-4H3;3,18H,4-5,7-17H2,1-2H3;1-4H. The topological polar surface area (TPSA) is 34.1 Å². The van der Waals surface area contributed by atoms with E-state index in [0.29, 0.717) is 20.9 Å². The van der Waals surface area contributed by atoms with Crippen molar-refractivity contribution in [1.29, 1.82) is 0 Å². The number of hydrogen-bond acceptors (Lipinski definition) is 6. The molecule has 0 spiro atoms. The van der Waals surface area contributed by atoms with Crippen LogP contribution in [0.3, 0.4) is 0 Å². The van der Waals surface area contributed by atoms with Gasteiger partial charge < -0.3 is 0 Å². The van der Waals surface area contributed by atoms with Gasteiger partial charge in [-0.1, -0.05) is 258 Å². The van der Waals surface area contributed by atoms with E-state index in [2.05, 4.69) is 94.0 Å². The molecule has 0 amide bonds. The first-order valence-electron chi connectivity index (χ1n) is 32.9. The zero-order valence-electron chi connectivity index (χ0n) is 51.5. The van der Waals surface area contributed by atoms with Crippen LogP contribution in [0.4, 0.5) is 0 Å². The fraction of sp³-hybridized carbons (Fsp3) is 0.649. The van der Waals surface area contributed by atoms with Crippen molar-refractivity contribution >= 4 is 77.1 Å². The summed E-state index contributed by atoms with van der Waals surface area (Å²) in [5.41, 5.74) is 3.64. The molecule has 0 aliphatic heterocycles. The number of benzene rings is 1. The number of hydrogen-bond donors (Lipinski definition) is 0. The fourth-order valence-electron chi connectivity index (χ4n) is 11.5. The van der Waals surface area contributed by atoms with Crippen molar-refractivity contribution in [2.24, 2.45) is 17.8 Å². The highest BCUT2D eigenvalue weighted by Gasteiger charge is 2.31. The van der Waals surface area contributed by atoms with E-state index in [1.165, 1.54) is 285 Å². The molecule has 0 radical (unpaired) electrons. The molecule has 440 valence electrons. The van der Waals surface area contributed by atoms with Gasteiger partial charge in [0, 0.05) is 41.2 Å². The average molecular weight is 1160 g/mol. The Balaban J connectivity index is 0.000000345. The van der Waals surface area contributed by atoms with Crippen LogP contribution < -0.4 is 0 Å². The van der Waals surface area contributed by atoms with E-state index < -0.39 is 0 Å². The number of carbonyl (C=O) groups is 2. The SMILES string of the molecule is C#CCC(CCCCCC)CCCCCCCC.CCCCCCCCC(CC#Cc1c2ccsc2c(C#CCC(CCCCCC)CCCCCCCC)c2ccsc12)CCCCCC.O=C1c2ccsc2C(=O)c2ccsc21. The van der Waals surface area contributed by atoms with E-state index in [-0.39, 0.29) is 11.6 Å². The Kier molecular flexibility index (Phi) is 38.1. The lowest BCUT2D eigenvalue weighted by atomic mass is 9.91. The molecule has 0 saturated heterocycles. The molecule has 0 bridgehead atoms. The van der Waals surface area contributed by atoms with Crippen LogP contribution in [0.25, 0.3) is 20.2 Å². The van der Waals surface area contributed by atoms with E-state index >= 15 is 0 Å². The zero-order chi connectivity index (χ0) is 57.3. The van der Waals surface area contributed by atoms with Crippen molar-refractivity contribution in [2.75, 3.05) is 0 Å². The van der Waals surface area contributed by atoms with Gasteiger partial charge in [0.25, 0.3) is 0 Å². The normalized spacial score (nSPS) is 12.8. The minimum Gasteiger partial charge on any atom is -0.288 e. The lowest BCUT2D eigenvalue weighted by Crippen LogP contribution is -2.15. The number of carbonyl (C=O) groups excluding carboxylic acids is 2. The van der Waals surface area contributed by atoms with E-state index in [1.54, 1.807) is 22.9 Å². The number of fused-ring (bicyclic) bond motifs is 4. The van der Waals surface area contributed by atoms with Gasteiger partial charge in [-0.15, -0.1) is 57.7 Å². The number of terminal acetylenes is 1. The summed E-state index contributed by atoms with van der Waals surface area (Å²) in [4.78, 5) is 24.8. The molecule has 0 N–H and O–H groups in total. The molecule has 0 fully saturated rings. The minimum absolute atomic E-state index is 0.00847. The molecule has 2 nitrogen and oxygen atoms in total. The third-order valence-electron chi connectivity index (χ3n) is 16.5. The smallest absolute Gasteiger partial charge is 0.205 e. The maximum Gasteiger partial charge on any atom is 0.205 e.